The molecule has 27 heavy (non-hydrogen) atoms. The van der Waals surface area contributed by atoms with Gasteiger partial charge in [0.2, 0.25) is 0 Å². The molecule has 0 saturated carbocycles. The van der Waals surface area contributed by atoms with Gasteiger partial charge in [-0.05, 0) is 29.0 Å². The van der Waals surface area contributed by atoms with Gasteiger partial charge in [0.05, 0.1) is 27.0 Å². The van der Waals surface area contributed by atoms with Crippen LogP contribution >= 0.6 is 0 Å². The minimum Gasteiger partial charge on any atom is -0.744 e. The van der Waals surface area contributed by atoms with Crippen molar-refractivity contribution < 1.29 is 42.5 Å². The van der Waals surface area contributed by atoms with E-state index < -0.39 is 10.1 Å². The molecule has 0 fully saturated rings. The Morgan fingerprint density at radius 3 is 1.67 bits per heavy atom. The van der Waals surface area contributed by atoms with E-state index in [1.165, 1.54) is 18.2 Å². The zero-order chi connectivity index (χ0) is 17.9. The molecule has 7 heteroatoms. The van der Waals surface area contributed by atoms with Gasteiger partial charge in [0.25, 0.3) is 0 Å². The van der Waals surface area contributed by atoms with E-state index in [9.17, 15) is 13.0 Å². The molecule has 0 atom stereocenters. The van der Waals surface area contributed by atoms with Gasteiger partial charge >= 0.3 is 29.6 Å². The van der Waals surface area contributed by atoms with Gasteiger partial charge in [0, 0.05) is 10.8 Å². The molecule has 1 aromatic heterocycles. The molecule has 1 heterocycles. The van der Waals surface area contributed by atoms with Gasteiger partial charge < -0.3 is 4.55 Å². The first-order valence-corrected chi connectivity index (χ1v) is 9.40. The van der Waals surface area contributed by atoms with Crippen molar-refractivity contribution in [2.45, 2.75) is 4.90 Å². The maximum absolute atomic E-state index is 11.3. The number of hydrogen-bond donors (Lipinski definition) is 0. The smallest absolute Gasteiger partial charge is 0.744 e. The molecule has 5 rings (SSSR count). The van der Waals surface area contributed by atoms with Crippen LogP contribution in [0.4, 0.5) is 0 Å². The Hall–Kier alpha value is -2.09. The number of hydrogen-bond acceptors (Lipinski definition) is 5. The van der Waals surface area contributed by atoms with E-state index in [0.29, 0.717) is 16.6 Å². The maximum atomic E-state index is 11.3. The maximum Gasteiger partial charge on any atom is 1.00 e. The molecule has 0 aliphatic heterocycles. The van der Waals surface area contributed by atoms with E-state index in [4.69, 9.17) is 4.98 Å². The van der Waals surface area contributed by atoms with Crippen LogP contribution in [-0.2, 0) is 10.1 Å². The van der Waals surface area contributed by atoms with Crippen LogP contribution in [0.5, 0.6) is 0 Å². The van der Waals surface area contributed by atoms with Gasteiger partial charge in [-0.3, -0.25) is 0 Å². The number of nitrogens with zero attached hydrogens (tertiary/aromatic N) is 2. The van der Waals surface area contributed by atoms with Crippen LogP contribution in [-0.4, -0.2) is 22.9 Å². The third kappa shape index (κ3) is 2.90. The minimum atomic E-state index is -4.54. The first-order valence-electron chi connectivity index (χ1n) is 7.99. The summed E-state index contributed by atoms with van der Waals surface area (Å²) in [6, 6.07) is 20.0. The number of rotatable bonds is 1. The summed E-state index contributed by atoms with van der Waals surface area (Å²) < 4.78 is 34.0. The summed E-state index contributed by atoms with van der Waals surface area (Å²) in [5, 5.41) is 4.06. The molecule has 0 radical (unpaired) electrons. The predicted molar refractivity (Wildman–Crippen MR) is 100 cm³/mol. The summed E-state index contributed by atoms with van der Waals surface area (Å²) in [4.78, 5) is 9.08. The fourth-order valence-corrected chi connectivity index (χ4v) is 3.90. The van der Waals surface area contributed by atoms with Crippen molar-refractivity contribution in [3.8, 4) is 0 Å². The standard InChI is InChI=1S/C20H12N2O3S.Na/c23-26(24,25)12-9-10-17-18(11-12)22-20-16-8-4-2-6-14(16)13-5-1-3-7-15(13)19(20)21-17;/h1-11H,(H,23,24,25);/q;+1/p-1. The second-order valence-corrected chi connectivity index (χ2v) is 7.50. The van der Waals surface area contributed by atoms with Crippen LogP contribution < -0.4 is 29.6 Å². The SMILES string of the molecule is O=S(=O)([O-])c1ccc2nc3c4ccccc4c4ccccc4c3nc2c1.[Na+]. The summed E-state index contributed by atoms with van der Waals surface area (Å²) >= 11 is 0. The van der Waals surface area contributed by atoms with Crippen molar-refractivity contribution >= 4 is 53.7 Å². The summed E-state index contributed by atoms with van der Waals surface area (Å²) in [5.41, 5.74) is 2.37. The van der Waals surface area contributed by atoms with E-state index in [-0.39, 0.29) is 34.5 Å². The van der Waals surface area contributed by atoms with Crippen LogP contribution in [0.25, 0.3) is 43.6 Å². The van der Waals surface area contributed by atoms with Gasteiger partial charge in [-0.15, -0.1) is 0 Å². The third-order valence-electron chi connectivity index (χ3n) is 4.58. The largest absolute Gasteiger partial charge is 1.00 e. The fraction of sp³-hybridized carbons (Fsp3) is 0. The third-order valence-corrected chi connectivity index (χ3v) is 5.41. The Kier molecular flexibility index (Phi) is 4.41. The predicted octanol–water partition coefficient (Wildman–Crippen LogP) is 0.998. The first kappa shape index (κ1) is 18.3. The molecule has 126 valence electrons. The van der Waals surface area contributed by atoms with E-state index in [1.807, 2.05) is 42.5 Å². The molecule has 0 unspecified atom stereocenters. The van der Waals surface area contributed by atoms with Crippen LogP contribution in [0.15, 0.2) is 71.6 Å². The zero-order valence-corrected chi connectivity index (χ0v) is 17.2. The topological polar surface area (TPSA) is 83.0 Å². The normalized spacial score (nSPS) is 11.9. The van der Waals surface area contributed by atoms with Gasteiger partial charge in [-0.25, -0.2) is 18.4 Å². The molecule has 5 nitrogen and oxygen atoms in total. The Morgan fingerprint density at radius 1 is 0.667 bits per heavy atom. The summed E-state index contributed by atoms with van der Waals surface area (Å²) in [6.07, 6.45) is 0. The number of aromatic nitrogens is 2. The monoisotopic (exact) mass is 382 g/mol. The second-order valence-electron chi connectivity index (χ2n) is 6.12. The van der Waals surface area contributed by atoms with Gasteiger partial charge in [0.1, 0.15) is 10.1 Å². The van der Waals surface area contributed by atoms with Gasteiger partial charge in [-0.1, -0.05) is 48.5 Å². The van der Waals surface area contributed by atoms with E-state index >= 15 is 0 Å². The molecule has 0 amide bonds. The molecule has 5 aromatic rings. The van der Waals surface area contributed by atoms with E-state index in [1.54, 1.807) is 0 Å². The first-order chi connectivity index (χ1) is 12.5. The molecule has 0 bridgehead atoms. The second kappa shape index (κ2) is 6.51. The number of benzene rings is 4. The average molecular weight is 382 g/mol. The molecular weight excluding hydrogens is 371 g/mol. The molecular formula is C20H11N2NaO3S. The van der Waals surface area contributed by atoms with Crippen molar-refractivity contribution in [1.82, 2.24) is 9.97 Å². The summed E-state index contributed by atoms with van der Waals surface area (Å²) in [6.45, 7) is 0. The van der Waals surface area contributed by atoms with Crippen LogP contribution in [0.2, 0.25) is 0 Å². The van der Waals surface area contributed by atoms with Crippen LogP contribution in [0.1, 0.15) is 0 Å². The Labute approximate surface area is 177 Å². The molecule has 0 aliphatic carbocycles. The molecule has 0 aliphatic rings. The molecule has 0 spiro atoms. The quantitative estimate of drug-likeness (QED) is 0.187. The molecule has 0 saturated heterocycles. The van der Waals surface area contributed by atoms with Crippen molar-refractivity contribution in [1.29, 1.82) is 0 Å². The minimum absolute atomic E-state index is 0. The van der Waals surface area contributed by atoms with Crippen molar-refractivity contribution in [3.63, 3.8) is 0 Å². The van der Waals surface area contributed by atoms with Crippen molar-refractivity contribution in [2.75, 3.05) is 0 Å². The Morgan fingerprint density at radius 2 is 1.15 bits per heavy atom. The summed E-state index contributed by atoms with van der Waals surface area (Å²) in [5.74, 6) is 0. The average Bonchev–Trinajstić information content (AvgIpc) is 2.66. The fourth-order valence-electron chi connectivity index (χ4n) is 3.41. The Bertz CT molecular complexity index is 1470. The number of fused-ring (bicyclic) bond motifs is 7. The molecule has 4 aromatic carbocycles. The zero-order valence-electron chi connectivity index (χ0n) is 14.4. The Balaban J connectivity index is 0.00000180. The van der Waals surface area contributed by atoms with Crippen LogP contribution in [0.3, 0.4) is 0 Å². The van der Waals surface area contributed by atoms with Crippen LogP contribution in [0, 0.1) is 0 Å². The van der Waals surface area contributed by atoms with Gasteiger partial charge in [-0.2, -0.15) is 0 Å². The van der Waals surface area contributed by atoms with Gasteiger partial charge in [0.15, 0.2) is 0 Å². The molecule has 0 N–H and O–H groups in total. The van der Waals surface area contributed by atoms with E-state index in [0.717, 1.165) is 27.1 Å². The van der Waals surface area contributed by atoms with Crippen molar-refractivity contribution in [3.05, 3.63) is 66.7 Å². The van der Waals surface area contributed by atoms with E-state index in [2.05, 4.69) is 11.1 Å². The summed E-state index contributed by atoms with van der Waals surface area (Å²) in [7, 11) is -4.54. The van der Waals surface area contributed by atoms with Crippen molar-refractivity contribution in [2.24, 2.45) is 0 Å².